The maximum atomic E-state index is 2.50. The molecule has 1 heterocycles. The number of nitrogens with zero attached hydrogens (tertiary/aromatic N) is 2. The van der Waals surface area contributed by atoms with Crippen molar-refractivity contribution in [2.24, 2.45) is 0 Å². The highest BCUT2D eigenvalue weighted by Gasteiger charge is 2.54. The van der Waals surface area contributed by atoms with Gasteiger partial charge in [-0.1, -0.05) is 159 Å². The van der Waals surface area contributed by atoms with E-state index in [1.807, 2.05) is 0 Å². The number of para-hydroxylation sites is 4. The number of fused-ring (bicyclic) bond motifs is 18. The standard InChI is InChI=1S/C58H40N2/c1-57(2)55-43(44-32-35-52-54(56(44)57)45-26-14-17-29-51(45)60(52)39-22-10-5-11-23-39)31-34-50-53(55)46-36-40(59(37-18-6-3-7-19-37)38-20-8-4-9-21-38)30-33-49(46)58(50)47-27-15-12-24-41(47)42-25-13-16-28-48(42)58/h3-36H,1-2H3. The van der Waals surface area contributed by atoms with Crippen LogP contribution < -0.4 is 4.90 Å². The largest absolute Gasteiger partial charge is 0.310 e. The highest BCUT2D eigenvalue weighted by molar-refractivity contribution is 6.15. The summed E-state index contributed by atoms with van der Waals surface area (Å²) in [6, 6.07) is 76.8. The van der Waals surface area contributed by atoms with Crippen LogP contribution in [0.3, 0.4) is 0 Å². The molecule has 10 aromatic rings. The van der Waals surface area contributed by atoms with Crippen molar-refractivity contribution in [3.05, 3.63) is 240 Å². The summed E-state index contributed by atoms with van der Waals surface area (Å²) >= 11 is 0. The Morgan fingerprint density at radius 2 is 0.917 bits per heavy atom. The highest BCUT2D eigenvalue weighted by Crippen LogP contribution is 2.67. The number of benzene rings is 9. The van der Waals surface area contributed by atoms with Crippen molar-refractivity contribution in [3.63, 3.8) is 0 Å². The molecule has 0 unspecified atom stereocenters. The van der Waals surface area contributed by atoms with Gasteiger partial charge in [0, 0.05) is 38.9 Å². The Labute approximate surface area is 350 Å². The first-order valence-corrected chi connectivity index (χ1v) is 21.1. The summed E-state index contributed by atoms with van der Waals surface area (Å²) in [6.45, 7) is 4.97. The highest BCUT2D eigenvalue weighted by atomic mass is 15.1. The maximum absolute atomic E-state index is 2.50. The Morgan fingerprint density at radius 3 is 1.60 bits per heavy atom. The lowest BCUT2D eigenvalue weighted by Gasteiger charge is -2.31. The fourth-order valence-electron chi connectivity index (χ4n) is 11.7. The molecule has 0 amide bonds. The van der Waals surface area contributed by atoms with Crippen LogP contribution in [0.2, 0.25) is 0 Å². The quantitative estimate of drug-likeness (QED) is 0.173. The van der Waals surface area contributed by atoms with E-state index < -0.39 is 5.41 Å². The first kappa shape index (κ1) is 33.5. The van der Waals surface area contributed by atoms with Gasteiger partial charge in [-0.3, -0.25) is 0 Å². The van der Waals surface area contributed by atoms with Crippen LogP contribution in [-0.2, 0) is 10.8 Å². The van der Waals surface area contributed by atoms with Crippen LogP contribution in [0.1, 0.15) is 47.2 Å². The fourth-order valence-corrected chi connectivity index (χ4v) is 11.7. The molecule has 1 aromatic heterocycles. The molecule has 282 valence electrons. The second kappa shape index (κ2) is 12.1. The smallest absolute Gasteiger partial charge is 0.0725 e. The topological polar surface area (TPSA) is 8.17 Å². The van der Waals surface area contributed by atoms with Gasteiger partial charge in [0.05, 0.1) is 16.4 Å². The number of anilines is 3. The summed E-state index contributed by atoms with van der Waals surface area (Å²) in [4.78, 5) is 2.41. The second-order valence-corrected chi connectivity index (χ2v) is 17.2. The van der Waals surface area contributed by atoms with Gasteiger partial charge in [0.25, 0.3) is 0 Å². The Morgan fingerprint density at radius 1 is 0.383 bits per heavy atom. The minimum atomic E-state index is -0.459. The molecule has 60 heavy (non-hydrogen) atoms. The molecule has 0 radical (unpaired) electrons. The molecule has 2 nitrogen and oxygen atoms in total. The Hall–Kier alpha value is -7.42. The molecule has 0 bridgehead atoms. The SMILES string of the molecule is CC1(C)c2c(ccc3c2-c2cc(N(c4ccccc4)c4ccccc4)ccc2C32c3ccccc3-c3ccccc32)-c2ccc3c(c21)c1ccccc1n3-c1ccccc1. The molecule has 0 N–H and O–H groups in total. The molecule has 0 aliphatic heterocycles. The minimum Gasteiger partial charge on any atom is -0.310 e. The van der Waals surface area contributed by atoms with Gasteiger partial charge in [-0.25, -0.2) is 0 Å². The molecular formula is C58H40N2. The Kier molecular flexibility index (Phi) is 6.74. The van der Waals surface area contributed by atoms with E-state index in [1.54, 1.807) is 0 Å². The number of aromatic nitrogens is 1. The third kappa shape index (κ3) is 4.17. The van der Waals surface area contributed by atoms with Crippen LogP contribution in [0, 0.1) is 0 Å². The van der Waals surface area contributed by atoms with E-state index in [4.69, 9.17) is 0 Å². The predicted molar refractivity (Wildman–Crippen MR) is 249 cm³/mol. The van der Waals surface area contributed by atoms with Crippen LogP contribution in [0.5, 0.6) is 0 Å². The first-order chi connectivity index (χ1) is 29.6. The van der Waals surface area contributed by atoms with E-state index in [-0.39, 0.29) is 5.41 Å². The number of hydrogen-bond acceptors (Lipinski definition) is 1. The van der Waals surface area contributed by atoms with Crippen LogP contribution in [-0.4, -0.2) is 4.57 Å². The van der Waals surface area contributed by atoms with Gasteiger partial charge in [0.2, 0.25) is 0 Å². The Bertz CT molecular complexity index is 3310. The van der Waals surface area contributed by atoms with Crippen LogP contribution >= 0.6 is 0 Å². The van der Waals surface area contributed by atoms with Crippen molar-refractivity contribution in [1.29, 1.82) is 0 Å². The third-order valence-corrected chi connectivity index (χ3v) is 13.9. The van der Waals surface area contributed by atoms with Gasteiger partial charge >= 0.3 is 0 Å². The fraction of sp³-hybridized carbons (Fsp3) is 0.0690. The number of rotatable bonds is 4. The second-order valence-electron chi connectivity index (χ2n) is 17.2. The van der Waals surface area contributed by atoms with Gasteiger partial charge in [0.15, 0.2) is 0 Å². The van der Waals surface area contributed by atoms with E-state index in [1.165, 1.54) is 94.3 Å². The van der Waals surface area contributed by atoms with Crippen molar-refractivity contribution >= 4 is 38.9 Å². The van der Waals surface area contributed by atoms with Crippen LogP contribution in [0.25, 0.3) is 60.9 Å². The van der Waals surface area contributed by atoms with Crippen LogP contribution in [0.4, 0.5) is 17.1 Å². The first-order valence-electron chi connectivity index (χ1n) is 21.1. The minimum absolute atomic E-state index is 0.323. The van der Waals surface area contributed by atoms with E-state index in [9.17, 15) is 0 Å². The summed E-state index contributed by atoms with van der Waals surface area (Å²) in [5, 5.41) is 2.64. The lowest BCUT2D eigenvalue weighted by atomic mass is 9.70. The summed E-state index contributed by atoms with van der Waals surface area (Å²) in [7, 11) is 0. The van der Waals surface area contributed by atoms with Gasteiger partial charge in [-0.15, -0.1) is 0 Å². The molecule has 13 rings (SSSR count). The van der Waals surface area contributed by atoms with Crippen molar-refractivity contribution in [3.8, 4) is 39.1 Å². The van der Waals surface area contributed by atoms with Crippen molar-refractivity contribution in [2.75, 3.05) is 4.90 Å². The summed E-state index contributed by atoms with van der Waals surface area (Å²) in [6.07, 6.45) is 0. The molecule has 0 saturated heterocycles. The van der Waals surface area contributed by atoms with Crippen LogP contribution in [0.15, 0.2) is 206 Å². The lowest BCUT2D eigenvalue weighted by molar-refractivity contribution is 0.667. The average molecular weight is 765 g/mol. The van der Waals surface area contributed by atoms with Crippen molar-refractivity contribution in [1.82, 2.24) is 4.57 Å². The molecule has 1 spiro atoms. The van der Waals surface area contributed by atoms with E-state index in [2.05, 4.69) is 230 Å². The van der Waals surface area contributed by atoms with Gasteiger partial charge in [-0.2, -0.15) is 0 Å². The van der Waals surface area contributed by atoms with Gasteiger partial charge in [-0.05, 0) is 127 Å². The van der Waals surface area contributed by atoms with E-state index in [0.717, 1.165) is 17.1 Å². The zero-order chi connectivity index (χ0) is 39.7. The van der Waals surface area contributed by atoms with Crippen molar-refractivity contribution in [2.45, 2.75) is 24.7 Å². The monoisotopic (exact) mass is 764 g/mol. The average Bonchev–Trinajstić information content (AvgIpc) is 3.97. The third-order valence-electron chi connectivity index (χ3n) is 13.9. The van der Waals surface area contributed by atoms with Crippen molar-refractivity contribution < 1.29 is 0 Å². The number of hydrogen-bond donors (Lipinski definition) is 0. The molecule has 3 aliphatic carbocycles. The summed E-state index contributed by atoms with van der Waals surface area (Å²) in [5.74, 6) is 0. The maximum Gasteiger partial charge on any atom is 0.0725 e. The van der Waals surface area contributed by atoms with E-state index in [0.29, 0.717) is 0 Å². The Balaban J connectivity index is 1.14. The molecule has 0 atom stereocenters. The molecule has 3 aliphatic rings. The zero-order valence-corrected chi connectivity index (χ0v) is 33.5. The normalized spacial score (nSPS) is 14.4. The molecular weight excluding hydrogens is 725 g/mol. The van der Waals surface area contributed by atoms with Gasteiger partial charge in [0.1, 0.15) is 0 Å². The van der Waals surface area contributed by atoms with E-state index >= 15 is 0 Å². The van der Waals surface area contributed by atoms with Gasteiger partial charge < -0.3 is 9.47 Å². The summed E-state index contributed by atoms with van der Waals surface area (Å²) in [5.41, 5.74) is 22.6. The molecule has 9 aromatic carbocycles. The molecule has 0 saturated carbocycles. The molecule has 2 heteroatoms. The predicted octanol–water partition coefficient (Wildman–Crippen LogP) is 14.9. The molecule has 0 fully saturated rings. The lowest BCUT2D eigenvalue weighted by Crippen LogP contribution is -2.26. The summed E-state index contributed by atoms with van der Waals surface area (Å²) < 4.78 is 2.46. The zero-order valence-electron chi connectivity index (χ0n) is 33.5.